The lowest BCUT2D eigenvalue weighted by atomic mass is 10.1. The van der Waals surface area contributed by atoms with E-state index in [1.165, 1.54) is 12.8 Å². The summed E-state index contributed by atoms with van der Waals surface area (Å²) < 4.78 is 5.28. The van der Waals surface area contributed by atoms with Crippen LogP contribution >= 0.6 is 0 Å². The van der Waals surface area contributed by atoms with E-state index >= 15 is 0 Å². The Hall–Kier alpha value is -2.42. The van der Waals surface area contributed by atoms with E-state index in [-0.39, 0.29) is 5.78 Å². The molecule has 0 heterocycles. The fourth-order valence-corrected chi connectivity index (χ4v) is 2.15. The van der Waals surface area contributed by atoms with Gasteiger partial charge in [-0.25, -0.2) is 4.79 Å². The molecule has 0 radical (unpaired) electrons. The highest BCUT2D eigenvalue weighted by molar-refractivity contribution is 5.96. The molecule has 0 N–H and O–H groups in total. The summed E-state index contributed by atoms with van der Waals surface area (Å²) in [5.41, 5.74) is 1.19. The van der Waals surface area contributed by atoms with Gasteiger partial charge in [-0.2, -0.15) is 0 Å². The molecule has 0 saturated heterocycles. The Bertz CT molecular complexity index is 640. The highest BCUT2D eigenvalue weighted by atomic mass is 16.5. The second-order valence-corrected chi connectivity index (χ2v) is 5.35. The fraction of sp³-hybridized carbons (Fsp3) is 0.222. The third-order valence-electron chi connectivity index (χ3n) is 3.57. The summed E-state index contributed by atoms with van der Waals surface area (Å²) in [5, 5.41) is 0. The molecule has 0 aromatic heterocycles. The largest absolute Gasteiger partial charge is 0.423 e. The van der Waals surface area contributed by atoms with E-state index in [0.29, 0.717) is 29.2 Å². The molecule has 0 unspecified atom stereocenters. The molecule has 3 rings (SSSR count). The average Bonchev–Trinajstić information content (AvgIpc) is 3.33. The van der Waals surface area contributed by atoms with Crippen LogP contribution in [0.2, 0.25) is 0 Å². The Kier molecular flexibility index (Phi) is 3.82. The molecule has 1 aliphatic rings. The number of hydrogen-bond donors (Lipinski definition) is 0. The van der Waals surface area contributed by atoms with Gasteiger partial charge in [0.2, 0.25) is 0 Å². The van der Waals surface area contributed by atoms with Gasteiger partial charge in [0.25, 0.3) is 0 Å². The highest BCUT2D eigenvalue weighted by Crippen LogP contribution is 2.33. The van der Waals surface area contributed by atoms with Crippen molar-refractivity contribution in [2.45, 2.75) is 19.3 Å². The quantitative estimate of drug-likeness (QED) is 0.474. The predicted octanol–water partition coefficient (Wildman–Crippen LogP) is 3.89. The Morgan fingerprint density at radius 1 is 0.905 bits per heavy atom. The third-order valence-corrected chi connectivity index (χ3v) is 3.57. The van der Waals surface area contributed by atoms with Crippen molar-refractivity contribution in [3.63, 3.8) is 0 Å². The van der Waals surface area contributed by atoms with Gasteiger partial charge in [-0.05, 0) is 55.2 Å². The molecular weight excluding hydrogens is 264 g/mol. The van der Waals surface area contributed by atoms with Crippen LogP contribution in [0.5, 0.6) is 5.75 Å². The van der Waals surface area contributed by atoms with Crippen LogP contribution in [0.15, 0.2) is 54.6 Å². The Balaban J connectivity index is 1.64. The molecule has 0 atom stereocenters. The van der Waals surface area contributed by atoms with Crippen molar-refractivity contribution in [3.05, 3.63) is 65.7 Å². The van der Waals surface area contributed by atoms with Crippen LogP contribution in [-0.2, 0) is 0 Å². The van der Waals surface area contributed by atoms with Crippen molar-refractivity contribution >= 4 is 11.8 Å². The lowest BCUT2D eigenvalue weighted by molar-refractivity contribution is 0.0734. The van der Waals surface area contributed by atoms with Crippen molar-refractivity contribution in [1.82, 2.24) is 0 Å². The van der Waals surface area contributed by atoms with E-state index in [1.54, 1.807) is 48.5 Å². The van der Waals surface area contributed by atoms with Gasteiger partial charge >= 0.3 is 5.97 Å². The SMILES string of the molecule is O=C(CC1CC1)c1ccc(OC(=O)c2ccccc2)cc1. The molecular formula is C18H16O3. The minimum Gasteiger partial charge on any atom is -0.423 e. The Labute approximate surface area is 123 Å². The zero-order valence-electron chi connectivity index (χ0n) is 11.6. The molecule has 0 amide bonds. The lowest BCUT2D eigenvalue weighted by Gasteiger charge is -2.05. The van der Waals surface area contributed by atoms with E-state index in [9.17, 15) is 9.59 Å². The smallest absolute Gasteiger partial charge is 0.343 e. The number of Topliss-reactive ketones (excluding diaryl/α,β-unsaturated/α-hetero) is 1. The normalized spacial score (nSPS) is 13.7. The second-order valence-electron chi connectivity index (χ2n) is 5.35. The van der Waals surface area contributed by atoms with Crippen LogP contribution in [0.3, 0.4) is 0 Å². The first-order chi connectivity index (χ1) is 10.2. The minimum atomic E-state index is -0.396. The Morgan fingerprint density at radius 2 is 1.57 bits per heavy atom. The molecule has 3 heteroatoms. The monoisotopic (exact) mass is 280 g/mol. The first-order valence-corrected chi connectivity index (χ1v) is 7.13. The van der Waals surface area contributed by atoms with Gasteiger partial charge < -0.3 is 4.74 Å². The molecule has 0 bridgehead atoms. The molecule has 1 saturated carbocycles. The molecule has 106 valence electrons. The molecule has 0 aliphatic heterocycles. The van der Waals surface area contributed by atoms with Gasteiger partial charge in [-0.1, -0.05) is 18.2 Å². The highest BCUT2D eigenvalue weighted by Gasteiger charge is 2.24. The van der Waals surface area contributed by atoms with E-state index < -0.39 is 5.97 Å². The number of carbonyl (C=O) groups excluding carboxylic acids is 2. The van der Waals surface area contributed by atoms with Crippen LogP contribution in [-0.4, -0.2) is 11.8 Å². The lowest BCUT2D eigenvalue weighted by Crippen LogP contribution is -2.08. The topological polar surface area (TPSA) is 43.4 Å². The van der Waals surface area contributed by atoms with Crippen LogP contribution < -0.4 is 4.74 Å². The maximum atomic E-state index is 11.9. The summed E-state index contributed by atoms with van der Waals surface area (Å²) in [6.07, 6.45) is 2.96. The summed E-state index contributed by atoms with van der Waals surface area (Å²) in [6, 6.07) is 15.6. The van der Waals surface area contributed by atoms with E-state index in [0.717, 1.165) is 0 Å². The van der Waals surface area contributed by atoms with Crippen molar-refractivity contribution in [2.24, 2.45) is 5.92 Å². The number of hydrogen-bond acceptors (Lipinski definition) is 3. The maximum Gasteiger partial charge on any atom is 0.343 e. The van der Waals surface area contributed by atoms with Crippen molar-refractivity contribution in [2.75, 3.05) is 0 Å². The number of rotatable bonds is 5. The van der Waals surface area contributed by atoms with E-state index in [4.69, 9.17) is 4.74 Å². The van der Waals surface area contributed by atoms with E-state index in [2.05, 4.69) is 0 Å². The van der Waals surface area contributed by atoms with Crippen LogP contribution in [0.4, 0.5) is 0 Å². The molecule has 2 aromatic carbocycles. The molecule has 1 aliphatic carbocycles. The number of ether oxygens (including phenoxy) is 1. The van der Waals surface area contributed by atoms with Crippen molar-refractivity contribution < 1.29 is 14.3 Å². The first kappa shape index (κ1) is 13.6. The molecule has 1 fully saturated rings. The molecule has 3 nitrogen and oxygen atoms in total. The summed E-state index contributed by atoms with van der Waals surface area (Å²) in [5.74, 6) is 0.797. The van der Waals surface area contributed by atoms with Crippen LogP contribution in [0, 0.1) is 5.92 Å². The molecule has 0 spiro atoms. The van der Waals surface area contributed by atoms with Gasteiger partial charge in [0.05, 0.1) is 5.56 Å². The second kappa shape index (κ2) is 5.92. The zero-order chi connectivity index (χ0) is 14.7. The van der Waals surface area contributed by atoms with Crippen molar-refractivity contribution in [3.8, 4) is 5.75 Å². The third kappa shape index (κ3) is 3.57. The molecule has 21 heavy (non-hydrogen) atoms. The number of benzene rings is 2. The number of carbonyl (C=O) groups is 2. The van der Waals surface area contributed by atoms with Gasteiger partial charge in [0.1, 0.15) is 5.75 Å². The van der Waals surface area contributed by atoms with Gasteiger partial charge in [-0.15, -0.1) is 0 Å². The minimum absolute atomic E-state index is 0.165. The fourth-order valence-electron chi connectivity index (χ4n) is 2.15. The summed E-state index contributed by atoms with van der Waals surface area (Å²) >= 11 is 0. The Morgan fingerprint density at radius 3 is 2.19 bits per heavy atom. The van der Waals surface area contributed by atoms with Crippen LogP contribution in [0.1, 0.15) is 40.0 Å². The first-order valence-electron chi connectivity index (χ1n) is 7.13. The van der Waals surface area contributed by atoms with Gasteiger partial charge in [0, 0.05) is 12.0 Å². The zero-order valence-corrected chi connectivity index (χ0v) is 11.6. The summed E-state index contributed by atoms with van der Waals surface area (Å²) in [4.78, 5) is 23.8. The van der Waals surface area contributed by atoms with Crippen LogP contribution in [0.25, 0.3) is 0 Å². The number of ketones is 1. The summed E-state index contributed by atoms with van der Waals surface area (Å²) in [7, 11) is 0. The summed E-state index contributed by atoms with van der Waals surface area (Å²) in [6.45, 7) is 0. The van der Waals surface area contributed by atoms with E-state index in [1.807, 2.05) is 6.07 Å². The number of esters is 1. The van der Waals surface area contributed by atoms with Gasteiger partial charge in [-0.3, -0.25) is 4.79 Å². The van der Waals surface area contributed by atoms with Crippen molar-refractivity contribution in [1.29, 1.82) is 0 Å². The maximum absolute atomic E-state index is 11.9. The molecule has 2 aromatic rings. The van der Waals surface area contributed by atoms with Gasteiger partial charge in [0.15, 0.2) is 5.78 Å². The predicted molar refractivity (Wildman–Crippen MR) is 79.5 cm³/mol. The average molecular weight is 280 g/mol. The standard InChI is InChI=1S/C18H16O3/c19-17(12-13-6-7-13)14-8-10-16(11-9-14)21-18(20)15-4-2-1-3-5-15/h1-5,8-11,13H,6-7,12H2.